The molecule has 5 heteroatoms. The number of esters is 1. The lowest BCUT2D eigenvalue weighted by atomic mass is 9.92. The maximum absolute atomic E-state index is 12.5. The van der Waals surface area contributed by atoms with Gasteiger partial charge in [0.05, 0.1) is 12.5 Å². The van der Waals surface area contributed by atoms with E-state index in [2.05, 4.69) is 0 Å². The highest BCUT2D eigenvalue weighted by Crippen LogP contribution is 2.33. The Morgan fingerprint density at radius 1 is 1.20 bits per heavy atom. The van der Waals surface area contributed by atoms with Gasteiger partial charge in [-0.15, -0.1) is 0 Å². The molecule has 5 nitrogen and oxygen atoms in total. The molecule has 2 fully saturated rings. The molecule has 0 aromatic rings. The van der Waals surface area contributed by atoms with E-state index in [1.165, 1.54) is 0 Å². The van der Waals surface area contributed by atoms with Gasteiger partial charge >= 0.3 is 5.97 Å². The lowest BCUT2D eigenvalue weighted by molar-refractivity contribution is -0.152. The maximum Gasteiger partial charge on any atom is 0.309 e. The minimum atomic E-state index is -0.111. The summed E-state index contributed by atoms with van der Waals surface area (Å²) in [5.41, 5.74) is 5.75. The summed E-state index contributed by atoms with van der Waals surface area (Å²) in [6, 6.07) is 0. The zero-order valence-corrected chi connectivity index (χ0v) is 12.3. The molecule has 1 aliphatic heterocycles. The van der Waals surface area contributed by atoms with Crippen LogP contribution in [0, 0.1) is 17.8 Å². The molecule has 0 aromatic carbocycles. The van der Waals surface area contributed by atoms with Crippen molar-refractivity contribution in [2.75, 3.05) is 26.2 Å². The number of ether oxygens (including phenoxy) is 1. The monoisotopic (exact) mass is 282 g/mol. The highest BCUT2D eigenvalue weighted by Gasteiger charge is 2.36. The van der Waals surface area contributed by atoms with Gasteiger partial charge < -0.3 is 15.4 Å². The molecular weight excluding hydrogens is 256 g/mol. The summed E-state index contributed by atoms with van der Waals surface area (Å²) in [6.45, 7) is 4.21. The van der Waals surface area contributed by atoms with Crippen LogP contribution in [0.2, 0.25) is 0 Å². The van der Waals surface area contributed by atoms with E-state index in [1.807, 2.05) is 11.8 Å². The van der Waals surface area contributed by atoms with Gasteiger partial charge in [0.1, 0.15) is 0 Å². The largest absolute Gasteiger partial charge is 0.466 e. The lowest BCUT2D eigenvalue weighted by Gasteiger charge is -2.33. The van der Waals surface area contributed by atoms with Gasteiger partial charge in [0.2, 0.25) is 5.91 Å². The first-order valence-corrected chi connectivity index (χ1v) is 7.82. The summed E-state index contributed by atoms with van der Waals surface area (Å²) in [5.74, 6) is 0.567. The van der Waals surface area contributed by atoms with Crippen LogP contribution in [0.4, 0.5) is 0 Å². The van der Waals surface area contributed by atoms with Crippen molar-refractivity contribution in [1.29, 1.82) is 0 Å². The van der Waals surface area contributed by atoms with Gasteiger partial charge in [0, 0.05) is 19.0 Å². The van der Waals surface area contributed by atoms with Gasteiger partial charge in [-0.2, -0.15) is 0 Å². The van der Waals surface area contributed by atoms with Crippen LogP contribution >= 0.6 is 0 Å². The lowest BCUT2D eigenvalue weighted by Crippen LogP contribution is -2.44. The van der Waals surface area contributed by atoms with Crippen LogP contribution in [-0.4, -0.2) is 43.0 Å². The molecule has 2 atom stereocenters. The van der Waals surface area contributed by atoms with Crippen molar-refractivity contribution in [3.05, 3.63) is 0 Å². The van der Waals surface area contributed by atoms with E-state index in [1.54, 1.807) is 0 Å². The van der Waals surface area contributed by atoms with Crippen molar-refractivity contribution in [2.24, 2.45) is 23.5 Å². The third-order valence-electron chi connectivity index (χ3n) is 4.71. The van der Waals surface area contributed by atoms with Gasteiger partial charge in [-0.1, -0.05) is 6.42 Å². The number of carbonyl (C=O) groups is 2. The zero-order chi connectivity index (χ0) is 14.5. The number of rotatable bonds is 4. The van der Waals surface area contributed by atoms with E-state index >= 15 is 0 Å². The smallest absolute Gasteiger partial charge is 0.309 e. The summed E-state index contributed by atoms with van der Waals surface area (Å²) in [4.78, 5) is 26.1. The maximum atomic E-state index is 12.5. The number of likely N-dealkylation sites (tertiary alicyclic amines) is 1. The van der Waals surface area contributed by atoms with Crippen molar-refractivity contribution in [1.82, 2.24) is 4.90 Å². The Hall–Kier alpha value is -1.10. The van der Waals surface area contributed by atoms with Gasteiger partial charge in [0.15, 0.2) is 0 Å². The summed E-state index contributed by atoms with van der Waals surface area (Å²) < 4.78 is 5.05. The molecule has 2 aliphatic rings. The third kappa shape index (κ3) is 3.32. The van der Waals surface area contributed by atoms with E-state index in [0.717, 1.165) is 32.1 Å². The predicted octanol–water partition coefficient (Wildman–Crippen LogP) is 1.16. The first-order valence-electron chi connectivity index (χ1n) is 7.82. The van der Waals surface area contributed by atoms with Crippen molar-refractivity contribution >= 4 is 11.9 Å². The molecule has 1 aliphatic carbocycles. The summed E-state index contributed by atoms with van der Waals surface area (Å²) in [6.07, 6.45) is 4.61. The Kier molecular flexibility index (Phi) is 5.40. The van der Waals surface area contributed by atoms with Gasteiger partial charge in [-0.05, 0) is 45.1 Å². The fraction of sp³-hybridized carbons (Fsp3) is 0.867. The Bertz CT molecular complexity index is 351. The van der Waals surface area contributed by atoms with Crippen molar-refractivity contribution in [3.8, 4) is 0 Å². The molecule has 20 heavy (non-hydrogen) atoms. The molecule has 1 saturated carbocycles. The Morgan fingerprint density at radius 3 is 2.50 bits per heavy atom. The molecule has 1 heterocycles. The normalized spacial score (nSPS) is 27.6. The van der Waals surface area contributed by atoms with Crippen molar-refractivity contribution in [2.45, 2.75) is 39.0 Å². The average Bonchev–Trinajstić information content (AvgIpc) is 2.95. The second kappa shape index (κ2) is 7.07. The Morgan fingerprint density at radius 2 is 1.90 bits per heavy atom. The van der Waals surface area contributed by atoms with E-state index in [-0.39, 0.29) is 23.7 Å². The number of carbonyl (C=O) groups excluding carboxylic acids is 2. The van der Waals surface area contributed by atoms with Crippen LogP contribution < -0.4 is 5.73 Å². The first-order chi connectivity index (χ1) is 9.67. The summed E-state index contributed by atoms with van der Waals surface area (Å²) >= 11 is 0. The second-order valence-electron chi connectivity index (χ2n) is 5.88. The molecule has 0 spiro atoms. The molecule has 1 saturated heterocycles. The molecule has 2 unspecified atom stereocenters. The molecular formula is C15H26N2O3. The molecule has 0 bridgehead atoms. The predicted molar refractivity (Wildman–Crippen MR) is 75.8 cm³/mol. The Balaban J connectivity index is 1.84. The van der Waals surface area contributed by atoms with E-state index in [0.29, 0.717) is 32.2 Å². The number of piperidine rings is 1. The summed E-state index contributed by atoms with van der Waals surface area (Å²) in [5, 5.41) is 0. The highest BCUT2D eigenvalue weighted by molar-refractivity contribution is 5.80. The third-order valence-corrected chi connectivity index (χ3v) is 4.71. The van der Waals surface area contributed by atoms with E-state index in [9.17, 15) is 9.59 Å². The van der Waals surface area contributed by atoms with Crippen LogP contribution in [0.1, 0.15) is 39.0 Å². The van der Waals surface area contributed by atoms with Crippen molar-refractivity contribution in [3.63, 3.8) is 0 Å². The summed E-state index contributed by atoms with van der Waals surface area (Å²) in [7, 11) is 0. The van der Waals surface area contributed by atoms with Crippen molar-refractivity contribution < 1.29 is 14.3 Å². The zero-order valence-electron chi connectivity index (χ0n) is 12.3. The van der Waals surface area contributed by atoms with Crippen LogP contribution in [-0.2, 0) is 14.3 Å². The number of nitrogens with zero attached hydrogens (tertiary/aromatic N) is 1. The second-order valence-corrected chi connectivity index (χ2v) is 5.88. The minimum Gasteiger partial charge on any atom is -0.466 e. The standard InChI is InChI=1S/C15H26N2O3/c1-2-20-15(19)11-6-8-17(9-7-11)14(18)13-5-3-4-12(13)10-16/h11-13H,2-10,16H2,1H3. The first kappa shape index (κ1) is 15.3. The quantitative estimate of drug-likeness (QED) is 0.785. The number of hydrogen-bond donors (Lipinski definition) is 1. The van der Waals surface area contributed by atoms with Gasteiger partial charge in [-0.25, -0.2) is 0 Å². The molecule has 114 valence electrons. The highest BCUT2D eigenvalue weighted by atomic mass is 16.5. The van der Waals surface area contributed by atoms with Gasteiger partial charge in [0.25, 0.3) is 0 Å². The van der Waals surface area contributed by atoms with Gasteiger partial charge in [-0.3, -0.25) is 9.59 Å². The number of hydrogen-bond acceptors (Lipinski definition) is 4. The molecule has 2 rings (SSSR count). The van der Waals surface area contributed by atoms with Crippen LogP contribution in [0.25, 0.3) is 0 Å². The van der Waals surface area contributed by atoms with Crippen LogP contribution in [0.3, 0.4) is 0 Å². The topological polar surface area (TPSA) is 72.6 Å². The SMILES string of the molecule is CCOC(=O)C1CCN(C(=O)C2CCCC2CN)CC1. The fourth-order valence-corrected chi connectivity index (χ4v) is 3.47. The Labute approximate surface area is 120 Å². The van der Waals surface area contributed by atoms with E-state index < -0.39 is 0 Å². The fourth-order valence-electron chi connectivity index (χ4n) is 3.47. The van der Waals surface area contributed by atoms with Crippen LogP contribution in [0.5, 0.6) is 0 Å². The minimum absolute atomic E-state index is 0.0344. The molecule has 2 N–H and O–H groups in total. The average molecular weight is 282 g/mol. The van der Waals surface area contributed by atoms with Crippen LogP contribution in [0.15, 0.2) is 0 Å². The molecule has 1 amide bonds. The number of nitrogens with two attached hydrogens (primary N) is 1. The van der Waals surface area contributed by atoms with E-state index in [4.69, 9.17) is 10.5 Å². The number of amides is 1. The molecule has 0 radical (unpaired) electrons. The molecule has 0 aromatic heterocycles.